The topological polar surface area (TPSA) is 91.8 Å². The smallest absolute Gasteiger partial charge is 0.262 e. The van der Waals surface area contributed by atoms with Gasteiger partial charge in [0.2, 0.25) is 5.95 Å². The molecule has 0 aliphatic carbocycles. The molecule has 3 aromatic rings. The third kappa shape index (κ3) is 2.99. The van der Waals surface area contributed by atoms with Gasteiger partial charge >= 0.3 is 0 Å². The number of amides is 1. The Balaban J connectivity index is 1.94. The van der Waals surface area contributed by atoms with Crippen LogP contribution < -0.4 is 16.2 Å². The lowest BCUT2D eigenvalue weighted by atomic mass is 10.1. The number of anilines is 1. The summed E-state index contributed by atoms with van der Waals surface area (Å²) < 4.78 is 1.53. The average molecular weight is 365 g/mol. The summed E-state index contributed by atoms with van der Waals surface area (Å²) in [5, 5.41) is 6.70. The fourth-order valence-electron chi connectivity index (χ4n) is 3.40. The molecule has 7 heteroatoms. The quantitative estimate of drug-likeness (QED) is 0.650. The first kappa shape index (κ1) is 17.3. The zero-order chi connectivity index (χ0) is 19.3. The van der Waals surface area contributed by atoms with Crippen molar-refractivity contribution >= 4 is 22.8 Å². The van der Waals surface area contributed by atoms with Crippen molar-refractivity contribution < 1.29 is 4.79 Å². The Morgan fingerprint density at radius 1 is 1.19 bits per heavy atom. The van der Waals surface area contributed by atoms with Crippen LogP contribution in [0.5, 0.6) is 0 Å². The van der Waals surface area contributed by atoms with Crippen molar-refractivity contribution in [3.05, 3.63) is 45.9 Å². The van der Waals surface area contributed by atoms with E-state index >= 15 is 0 Å². The van der Waals surface area contributed by atoms with Gasteiger partial charge < -0.3 is 15.6 Å². The Hall–Kier alpha value is -3.09. The maximum Gasteiger partial charge on any atom is 0.262 e. The number of hydrogen-bond donors (Lipinski definition) is 3. The molecule has 3 heterocycles. The van der Waals surface area contributed by atoms with Crippen LogP contribution in [0.2, 0.25) is 0 Å². The zero-order valence-corrected chi connectivity index (χ0v) is 15.9. The Bertz CT molecular complexity index is 1120. The molecule has 140 valence electrons. The fourth-order valence-corrected chi connectivity index (χ4v) is 3.40. The zero-order valence-electron chi connectivity index (χ0n) is 15.9. The Morgan fingerprint density at radius 3 is 2.67 bits per heavy atom. The molecule has 0 atom stereocenters. The van der Waals surface area contributed by atoms with Crippen LogP contribution in [0, 0.1) is 0 Å². The molecule has 0 bridgehead atoms. The van der Waals surface area contributed by atoms with E-state index in [0.29, 0.717) is 29.0 Å². The van der Waals surface area contributed by atoms with Crippen molar-refractivity contribution in [2.45, 2.75) is 32.7 Å². The number of aromatic nitrogens is 3. The maximum absolute atomic E-state index is 12.9. The van der Waals surface area contributed by atoms with Crippen LogP contribution in [-0.4, -0.2) is 32.5 Å². The highest BCUT2D eigenvalue weighted by Gasteiger charge is 2.22. The number of H-pyrrole nitrogens is 1. The molecule has 1 amide bonds. The van der Waals surface area contributed by atoms with Crippen molar-refractivity contribution in [3.8, 4) is 11.3 Å². The molecular formula is C20H23N5O2. The molecule has 3 N–H and O–H groups in total. The summed E-state index contributed by atoms with van der Waals surface area (Å²) in [6.45, 7) is 6.69. The van der Waals surface area contributed by atoms with Crippen LogP contribution in [0.3, 0.4) is 0 Å². The van der Waals surface area contributed by atoms with Crippen molar-refractivity contribution in [1.82, 2.24) is 19.9 Å². The summed E-state index contributed by atoms with van der Waals surface area (Å²) >= 11 is 0. The maximum atomic E-state index is 12.9. The van der Waals surface area contributed by atoms with Crippen molar-refractivity contribution in [3.63, 3.8) is 0 Å². The van der Waals surface area contributed by atoms with Crippen molar-refractivity contribution in [2.24, 2.45) is 7.05 Å². The van der Waals surface area contributed by atoms with E-state index in [1.54, 1.807) is 13.1 Å². The number of rotatable bonds is 2. The van der Waals surface area contributed by atoms with Crippen LogP contribution >= 0.6 is 0 Å². The Morgan fingerprint density at radius 2 is 1.96 bits per heavy atom. The first-order valence-electron chi connectivity index (χ1n) is 9.03. The first-order valence-corrected chi connectivity index (χ1v) is 9.03. The molecule has 4 rings (SSSR count). The molecule has 0 saturated carbocycles. The summed E-state index contributed by atoms with van der Waals surface area (Å²) in [6, 6.07) is 7.39. The number of carbonyl (C=O) groups is 1. The van der Waals surface area contributed by atoms with Gasteiger partial charge in [-0.15, -0.1) is 0 Å². The molecule has 1 aromatic carbocycles. The van der Waals surface area contributed by atoms with E-state index in [1.165, 1.54) is 4.57 Å². The first-order chi connectivity index (χ1) is 12.7. The number of aromatic amines is 1. The Kier molecular flexibility index (Phi) is 3.83. The van der Waals surface area contributed by atoms with Gasteiger partial charge in [-0.05, 0) is 32.9 Å². The number of para-hydroxylation sites is 1. The van der Waals surface area contributed by atoms with Gasteiger partial charge in [0.25, 0.3) is 11.5 Å². The van der Waals surface area contributed by atoms with Gasteiger partial charge in [-0.3, -0.25) is 14.2 Å². The molecule has 0 radical (unpaired) electrons. The largest absolute Gasteiger partial charge is 0.358 e. The normalized spacial score (nSPS) is 14.1. The second-order valence-corrected chi connectivity index (χ2v) is 7.96. The van der Waals surface area contributed by atoms with Gasteiger partial charge in [-0.2, -0.15) is 0 Å². The van der Waals surface area contributed by atoms with E-state index in [9.17, 15) is 9.59 Å². The summed E-state index contributed by atoms with van der Waals surface area (Å²) in [5.41, 5.74) is 3.46. The van der Waals surface area contributed by atoms with Gasteiger partial charge in [-0.25, -0.2) is 4.98 Å². The lowest BCUT2D eigenvalue weighted by Crippen LogP contribution is -2.32. The summed E-state index contributed by atoms with van der Waals surface area (Å²) in [6.07, 6.45) is 0.762. The number of nitrogens with one attached hydrogen (secondary N) is 3. The highest BCUT2D eigenvalue weighted by Crippen LogP contribution is 2.29. The van der Waals surface area contributed by atoms with E-state index in [-0.39, 0.29) is 17.0 Å². The molecular weight excluding hydrogens is 342 g/mol. The van der Waals surface area contributed by atoms with Crippen LogP contribution in [0.25, 0.3) is 22.2 Å². The lowest BCUT2D eigenvalue weighted by Gasteiger charge is -2.23. The Labute approximate surface area is 156 Å². The van der Waals surface area contributed by atoms with E-state index in [4.69, 9.17) is 4.98 Å². The molecule has 1 aliphatic rings. The van der Waals surface area contributed by atoms with Crippen LogP contribution in [0.15, 0.2) is 29.1 Å². The molecule has 0 saturated heterocycles. The SMILES string of the molecule is Cn1c(NC(C)(C)C)nc2c(-c3cc4c([nH]3)CCNC4=O)cccc2c1=O. The van der Waals surface area contributed by atoms with E-state index < -0.39 is 0 Å². The van der Waals surface area contributed by atoms with Crippen molar-refractivity contribution in [1.29, 1.82) is 0 Å². The monoisotopic (exact) mass is 365 g/mol. The standard InChI is InChI=1S/C20H23N5O2/c1-20(2,3)24-19-23-16-11(6-5-7-12(16)18(27)25(19)4)15-10-13-14(22-15)8-9-21-17(13)26/h5-7,10,22H,8-9H2,1-4H3,(H,21,26)(H,23,24). The van der Waals surface area contributed by atoms with Gasteiger partial charge in [0, 0.05) is 42.5 Å². The summed E-state index contributed by atoms with van der Waals surface area (Å²) in [4.78, 5) is 33.1. The number of benzene rings is 1. The number of nitrogens with zero attached hydrogens (tertiary/aromatic N) is 2. The number of fused-ring (bicyclic) bond motifs is 2. The highest BCUT2D eigenvalue weighted by molar-refractivity contribution is 6.00. The molecule has 1 aliphatic heterocycles. The molecule has 7 nitrogen and oxygen atoms in total. The molecule has 2 aromatic heterocycles. The van der Waals surface area contributed by atoms with Crippen LogP contribution in [0.1, 0.15) is 36.8 Å². The van der Waals surface area contributed by atoms with Gasteiger partial charge in [-0.1, -0.05) is 12.1 Å². The minimum absolute atomic E-state index is 0.0713. The third-order valence-corrected chi connectivity index (χ3v) is 4.69. The number of hydrogen-bond acceptors (Lipinski definition) is 4. The minimum atomic E-state index is -0.233. The lowest BCUT2D eigenvalue weighted by molar-refractivity contribution is 0.0946. The molecule has 0 fully saturated rings. The van der Waals surface area contributed by atoms with Crippen LogP contribution in [-0.2, 0) is 13.5 Å². The van der Waals surface area contributed by atoms with E-state index in [1.807, 2.05) is 39.0 Å². The van der Waals surface area contributed by atoms with Crippen molar-refractivity contribution in [2.75, 3.05) is 11.9 Å². The second-order valence-electron chi connectivity index (χ2n) is 7.96. The third-order valence-electron chi connectivity index (χ3n) is 4.69. The van der Waals surface area contributed by atoms with Crippen LogP contribution in [0.4, 0.5) is 5.95 Å². The van der Waals surface area contributed by atoms with E-state index in [2.05, 4.69) is 15.6 Å². The molecule has 0 unspecified atom stereocenters. The van der Waals surface area contributed by atoms with E-state index in [0.717, 1.165) is 23.4 Å². The highest BCUT2D eigenvalue weighted by atomic mass is 16.1. The van der Waals surface area contributed by atoms with Gasteiger partial charge in [0.1, 0.15) is 0 Å². The second kappa shape index (κ2) is 5.97. The summed E-state index contributed by atoms with van der Waals surface area (Å²) in [7, 11) is 1.72. The fraction of sp³-hybridized carbons (Fsp3) is 0.350. The van der Waals surface area contributed by atoms with Gasteiger partial charge in [0.15, 0.2) is 0 Å². The summed E-state index contributed by atoms with van der Waals surface area (Å²) in [5.74, 6) is 0.444. The molecule has 27 heavy (non-hydrogen) atoms. The average Bonchev–Trinajstić information content (AvgIpc) is 3.03. The predicted molar refractivity (Wildman–Crippen MR) is 106 cm³/mol. The predicted octanol–water partition coefficient (Wildman–Crippen LogP) is 2.42. The molecule has 0 spiro atoms. The minimum Gasteiger partial charge on any atom is -0.358 e. The van der Waals surface area contributed by atoms with Gasteiger partial charge in [0.05, 0.1) is 16.5 Å². The number of carbonyl (C=O) groups excluding carboxylic acids is 1.